The SMILES string of the molecule is CC(=O)N[C@@H]1CC[C@H]2[C@H]3CCC4=CC(=O)NCC[C@@]4(C)[C@@H]3CC[C@]12C. The number of carbonyl (C=O) groups is 2. The fourth-order valence-corrected chi connectivity index (χ4v) is 7.05. The number of hydrogen-bond acceptors (Lipinski definition) is 2. The molecule has 6 atom stereocenters. The molecular formula is C21H32N2O2. The van der Waals surface area contributed by atoms with Gasteiger partial charge in [0.1, 0.15) is 0 Å². The molecule has 0 aromatic carbocycles. The van der Waals surface area contributed by atoms with Crippen molar-refractivity contribution >= 4 is 11.8 Å². The largest absolute Gasteiger partial charge is 0.353 e. The Morgan fingerprint density at radius 3 is 2.72 bits per heavy atom. The summed E-state index contributed by atoms with van der Waals surface area (Å²) in [6.07, 6.45) is 10.1. The van der Waals surface area contributed by atoms with Crippen molar-refractivity contribution in [2.24, 2.45) is 28.6 Å². The number of nitrogens with one attached hydrogen (secondary N) is 2. The van der Waals surface area contributed by atoms with Gasteiger partial charge in [0.2, 0.25) is 11.8 Å². The molecule has 0 aromatic heterocycles. The van der Waals surface area contributed by atoms with Crippen LogP contribution in [0.4, 0.5) is 0 Å². The predicted octanol–water partition coefficient (Wildman–Crippen LogP) is 3.18. The van der Waals surface area contributed by atoms with E-state index in [0.29, 0.717) is 17.9 Å². The molecule has 3 aliphatic carbocycles. The summed E-state index contributed by atoms with van der Waals surface area (Å²) in [5.41, 5.74) is 1.82. The Hall–Kier alpha value is -1.32. The van der Waals surface area contributed by atoms with Gasteiger partial charge in [0, 0.05) is 25.6 Å². The topological polar surface area (TPSA) is 58.2 Å². The van der Waals surface area contributed by atoms with Gasteiger partial charge in [-0.3, -0.25) is 9.59 Å². The van der Waals surface area contributed by atoms with E-state index in [1.807, 2.05) is 6.08 Å². The zero-order valence-electron chi connectivity index (χ0n) is 15.9. The summed E-state index contributed by atoms with van der Waals surface area (Å²) in [4.78, 5) is 23.6. The summed E-state index contributed by atoms with van der Waals surface area (Å²) in [7, 11) is 0. The maximum absolute atomic E-state index is 12.0. The second-order valence-electron chi connectivity index (χ2n) is 9.42. The van der Waals surface area contributed by atoms with Crippen molar-refractivity contribution in [3.8, 4) is 0 Å². The van der Waals surface area contributed by atoms with Gasteiger partial charge in [-0.1, -0.05) is 19.4 Å². The van der Waals surface area contributed by atoms with Crippen molar-refractivity contribution in [2.45, 2.75) is 71.8 Å². The highest BCUT2D eigenvalue weighted by Gasteiger charge is 2.58. The minimum atomic E-state index is 0.101. The lowest BCUT2D eigenvalue weighted by molar-refractivity contribution is -0.121. The van der Waals surface area contributed by atoms with Gasteiger partial charge in [0.05, 0.1) is 0 Å². The zero-order chi connectivity index (χ0) is 17.8. The lowest BCUT2D eigenvalue weighted by atomic mass is 9.48. The van der Waals surface area contributed by atoms with Gasteiger partial charge in [-0.2, -0.15) is 0 Å². The molecule has 0 spiro atoms. The molecule has 4 nitrogen and oxygen atoms in total. The second kappa shape index (κ2) is 5.85. The molecular weight excluding hydrogens is 312 g/mol. The van der Waals surface area contributed by atoms with E-state index in [0.717, 1.165) is 31.7 Å². The lowest BCUT2D eigenvalue weighted by Gasteiger charge is -2.57. The smallest absolute Gasteiger partial charge is 0.243 e. The molecule has 3 fully saturated rings. The van der Waals surface area contributed by atoms with Crippen molar-refractivity contribution in [3.63, 3.8) is 0 Å². The van der Waals surface area contributed by atoms with E-state index >= 15 is 0 Å². The molecule has 0 bridgehead atoms. The molecule has 0 saturated heterocycles. The molecule has 3 saturated carbocycles. The number of hydrogen-bond donors (Lipinski definition) is 2. The van der Waals surface area contributed by atoms with E-state index in [2.05, 4.69) is 24.5 Å². The van der Waals surface area contributed by atoms with Crippen LogP contribution >= 0.6 is 0 Å². The number of amides is 2. The van der Waals surface area contributed by atoms with Crippen LogP contribution in [-0.2, 0) is 9.59 Å². The third kappa shape index (κ3) is 2.55. The van der Waals surface area contributed by atoms with Crippen LogP contribution in [-0.4, -0.2) is 24.4 Å². The van der Waals surface area contributed by atoms with Crippen LogP contribution in [0.1, 0.15) is 65.7 Å². The Bertz CT molecular complexity index is 627. The van der Waals surface area contributed by atoms with Gasteiger partial charge >= 0.3 is 0 Å². The molecule has 138 valence electrons. The van der Waals surface area contributed by atoms with Gasteiger partial charge in [-0.05, 0) is 73.5 Å². The van der Waals surface area contributed by atoms with Gasteiger partial charge in [-0.25, -0.2) is 0 Å². The van der Waals surface area contributed by atoms with Crippen molar-refractivity contribution in [1.82, 2.24) is 10.6 Å². The van der Waals surface area contributed by atoms with Crippen molar-refractivity contribution < 1.29 is 9.59 Å². The van der Waals surface area contributed by atoms with Crippen LogP contribution in [0, 0.1) is 28.6 Å². The van der Waals surface area contributed by atoms with Crippen LogP contribution in [0.3, 0.4) is 0 Å². The Kier molecular flexibility index (Phi) is 4.01. The molecule has 2 amide bonds. The van der Waals surface area contributed by atoms with Crippen molar-refractivity contribution in [2.75, 3.05) is 6.54 Å². The van der Waals surface area contributed by atoms with Gasteiger partial charge < -0.3 is 10.6 Å². The minimum Gasteiger partial charge on any atom is -0.353 e. The molecule has 1 heterocycles. The van der Waals surface area contributed by atoms with Gasteiger partial charge in [0.15, 0.2) is 0 Å². The maximum Gasteiger partial charge on any atom is 0.243 e. The first-order chi connectivity index (χ1) is 11.8. The van der Waals surface area contributed by atoms with Gasteiger partial charge in [0.25, 0.3) is 0 Å². The summed E-state index contributed by atoms with van der Waals surface area (Å²) < 4.78 is 0. The average Bonchev–Trinajstić information content (AvgIpc) is 2.77. The van der Waals surface area contributed by atoms with Crippen LogP contribution in [0.5, 0.6) is 0 Å². The fourth-order valence-electron chi connectivity index (χ4n) is 7.05. The third-order valence-corrected chi connectivity index (χ3v) is 8.36. The summed E-state index contributed by atoms with van der Waals surface area (Å²) in [6.45, 7) is 7.29. The van der Waals surface area contributed by atoms with Crippen LogP contribution < -0.4 is 10.6 Å². The van der Waals surface area contributed by atoms with Crippen LogP contribution in [0.25, 0.3) is 0 Å². The second-order valence-corrected chi connectivity index (χ2v) is 9.42. The molecule has 25 heavy (non-hydrogen) atoms. The van der Waals surface area contributed by atoms with Crippen molar-refractivity contribution in [1.29, 1.82) is 0 Å². The first-order valence-corrected chi connectivity index (χ1v) is 10.1. The van der Waals surface area contributed by atoms with E-state index in [1.165, 1.54) is 31.3 Å². The van der Waals surface area contributed by atoms with E-state index in [-0.39, 0.29) is 22.6 Å². The number of allylic oxidation sites excluding steroid dienone is 1. The Morgan fingerprint density at radius 1 is 1.16 bits per heavy atom. The average molecular weight is 344 g/mol. The molecule has 4 aliphatic rings. The number of carbonyl (C=O) groups excluding carboxylic acids is 2. The molecule has 4 heteroatoms. The quantitative estimate of drug-likeness (QED) is 0.767. The monoisotopic (exact) mass is 344 g/mol. The van der Waals surface area contributed by atoms with E-state index < -0.39 is 0 Å². The lowest BCUT2D eigenvalue weighted by Crippen LogP contribution is -2.53. The Balaban J connectivity index is 1.63. The van der Waals surface area contributed by atoms with Crippen LogP contribution in [0.2, 0.25) is 0 Å². The summed E-state index contributed by atoms with van der Waals surface area (Å²) >= 11 is 0. The Labute approximate surface area is 151 Å². The summed E-state index contributed by atoms with van der Waals surface area (Å²) in [5.74, 6) is 2.36. The van der Waals surface area contributed by atoms with E-state index in [9.17, 15) is 9.59 Å². The van der Waals surface area contributed by atoms with Crippen molar-refractivity contribution in [3.05, 3.63) is 11.6 Å². The highest BCUT2D eigenvalue weighted by Crippen LogP contribution is 2.64. The molecule has 0 unspecified atom stereocenters. The molecule has 4 rings (SSSR count). The highest BCUT2D eigenvalue weighted by atomic mass is 16.2. The fraction of sp³-hybridized carbons (Fsp3) is 0.810. The summed E-state index contributed by atoms with van der Waals surface area (Å²) in [6, 6.07) is 0.345. The standard InChI is InChI=1S/C21H32N2O2/c1-13(24)23-18-7-6-16-15-5-4-14-12-19(25)22-11-10-20(14,2)17(15)8-9-21(16,18)3/h12,15-18H,4-11H2,1-3H3,(H,22,25)(H,23,24)/t15-,16+,17-,18-,20-,21+/m1/s1. The summed E-state index contributed by atoms with van der Waals surface area (Å²) in [5, 5.41) is 6.29. The van der Waals surface area contributed by atoms with Crippen LogP contribution in [0.15, 0.2) is 11.6 Å². The molecule has 0 radical (unpaired) electrons. The Morgan fingerprint density at radius 2 is 1.96 bits per heavy atom. The molecule has 2 N–H and O–H groups in total. The molecule has 1 aliphatic heterocycles. The third-order valence-electron chi connectivity index (χ3n) is 8.36. The number of rotatable bonds is 1. The minimum absolute atomic E-state index is 0.101. The zero-order valence-corrected chi connectivity index (χ0v) is 15.9. The predicted molar refractivity (Wildman–Crippen MR) is 97.7 cm³/mol. The maximum atomic E-state index is 12.0. The first-order valence-electron chi connectivity index (χ1n) is 10.1. The number of fused-ring (bicyclic) bond motifs is 5. The first kappa shape index (κ1) is 17.1. The van der Waals surface area contributed by atoms with E-state index in [1.54, 1.807) is 6.92 Å². The molecule has 0 aromatic rings. The van der Waals surface area contributed by atoms with E-state index in [4.69, 9.17) is 0 Å². The van der Waals surface area contributed by atoms with Gasteiger partial charge in [-0.15, -0.1) is 0 Å². The normalized spacial score (nSPS) is 46.0. The highest BCUT2D eigenvalue weighted by molar-refractivity contribution is 5.88.